The molecule has 1 heterocycles. The number of nitrogens with zero attached hydrogens (tertiary/aromatic N) is 1. The molecule has 0 atom stereocenters. The largest absolute Gasteiger partial charge is 0.351 e. The van der Waals surface area contributed by atoms with Crippen LogP contribution in [0.4, 0.5) is 0 Å². The summed E-state index contributed by atoms with van der Waals surface area (Å²) in [6.45, 7) is 4.31. The van der Waals surface area contributed by atoms with Gasteiger partial charge in [-0.3, -0.25) is 4.79 Å². The first-order chi connectivity index (χ1) is 12.7. The zero-order valence-corrected chi connectivity index (χ0v) is 17.7. The minimum Gasteiger partial charge on any atom is -0.351 e. The number of aromatic nitrogens is 1. The smallest absolute Gasteiger partial charge is 0.254 e. The van der Waals surface area contributed by atoms with Gasteiger partial charge in [-0.05, 0) is 62.0 Å². The molecule has 5 nitrogen and oxygen atoms in total. The fourth-order valence-electron chi connectivity index (χ4n) is 4.41. The highest BCUT2D eigenvalue weighted by molar-refractivity contribution is 7.91. The van der Waals surface area contributed by atoms with Crippen LogP contribution < -0.4 is 5.32 Å². The van der Waals surface area contributed by atoms with Gasteiger partial charge >= 0.3 is 0 Å². The van der Waals surface area contributed by atoms with Crippen LogP contribution in [0.15, 0.2) is 12.1 Å². The molecule has 27 heavy (non-hydrogen) atoms. The molecule has 3 rings (SSSR count). The molecule has 1 amide bonds. The Morgan fingerprint density at radius 3 is 2.59 bits per heavy atom. The molecule has 1 aromatic rings. The van der Waals surface area contributed by atoms with Gasteiger partial charge in [0.05, 0.1) is 11.3 Å². The van der Waals surface area contributed by atoms with Gasteiger partial charge in [0.1, 0.15) is 5.15 Å². The number of nitrogens with one attached hydrogen (secondary N) is 1. The first-order valence-corrected chi connectivity index (χ1v) is 12.0. The lowest BCUT2D eigenvalue weighted by Gasteiger charge is -2.48. The van der Waals surface area contributed by atoms with E-state index >= 15 is 0 Å². The minimum absolute atomic E-state index is 0.0355. The molecule has 0 radical (unpaired) electrons. The quantitative estimate of drug-likeness (QED) is 0.626. The Kier molecular flexibility index (Phi) is 6.16. The Bertz CT molecular complexity index is 799. The lowest BCUT2D eigenvalue weighted by molar-refractivity contribution is 0.0475. The number of pyridine rings is 1. The van der Waals surface area contributed by atoms with Gasteiger partial charge in [0.25, 0.3) is 5.91 Å². The molecule has 0 bridgehead atoms. The van der Waals surface area contributed by atoms with Crippen molar-refractivity contribution in [1.29, 1.82) is 0 Å². The summed E-state index contributed by atoms with van der Waals surface area (Å²) >= 11 is 6.10. The van der Waals surface area contributed by atoms with Gasteiger partial charge in [0, 0.05) is 18.0 Å². The monoisotopic (exact) mass is 412 g/mol. The third-order valence-electron chi connectivity index (χ3n) is 5.72. The van der Waals surface area contributed by atoms with Gasteiger partial charge in [-0.25, -0.2) is 13.4 Å². The number of sulfone groups is 1. The highest BCUT2D eigenvalue weighted by Crippen LogP contribution is 2.53. The third kappa shape index (κ3) is 5.44. The van der Waals surface area contributed by atoms with Gasteiger partial charge in [-0.15, -0.1) is 0 Å². The lowest BCUT2D eigenvalue weighted by Crippen LogP contribution is -2.48. The molecule has 7 heteroatoms. The van der Waals surface area contributed by atoms with E-state index < -0.39 is 9.84 Å². The van der Waals surface area contributed by atoms with Crippen molar-refractivity contribution in [1.82, 2.24) is 10.3 Å². The Balaban J connectivity index is 1.59. The van der Waals surface area contributed by atoms with E-state index in [-0.39, 0.29) is 33.9 Å². The Morgan fingerprint density at radius 2 is 2.00 bits per heavy atom. The SMILES string of the molecule is CCCS(=O)(=O)C[C@H]1C[C@@](CNC(=O)c2ccc(C)nc2Cl)(CC2CC2)C1. The number of halogens is 1. The first kappa shape index (κ1) is 20.6. The zero-order chi connectivity index (χ0) is 19.7. The average molecular weight is 413 g/mol. The Labute approximate surface area is 167 Å². The summed E-state index contributed by atoms with van der Waals surface area (Å²) < 4.78 is 24.2. The van der Waals surface area contributed by atoms with E-state index in [9.17, 15) is 13.2 Å². The number of amides is 1. The van der Waals surface area contributed by atoms with Crippen molar-refractivity contribution in [3.05, 3.63) is 28.5 Å². The van der Waals surface area contributed by atoms with Crippen molar-refractivity contribution in [2.24, 2.45) is 17.3 Å². The molecule has 2 aliphatic carbocycles. The fraction of sp³-hybridized carbons (Fsp3) is 0.700. The standard InChI is InChI=1S/C20H29ClN2O3S/c1-3-8-27(25,26)12-16-10-20(11-16,9-15-5-6-15)13-22-19(24)17-7-4-14(2)23-18(17)21/h4,7,15-16H,3,5-6,8-13H2,1-2H3,(H,22,24)/t16-,20-. The molecule has 2 aliphatic rings. The summed E-state index contributed by atoms with van der Waals surface area (Å²) in [6, 6.07) is 3.48. The molecular formula is C20H29ClN2O3S. The van der Waals surface area contributed by atoms with E-state index in [4.69, 9.17) is 11.6 Å². The molecule has 0 aromatic carbocycles. The molecule has 0 spiro atoms. The molecule has 2 saturated carbocycles. The Morgan fingerprint density at radius 1 is 1.30 bits per heavy atom. The molecule has 0 saturated heterocycles. The molecule has 150 valence electrons. The summed E-state index contributed by atoms with van der Waals surface area (Å²) in [6.07, 6.45) is 6.02. The Hall–Kier alpha value is -1.14. The lowest BCUT2D eigenvalue weighted by atomic mass is 9.60. The van der Waals surface area contributed by atoms with Gasteiger partial charge in [0.15, 0.2) is 9.84 Å². The van der Waals surface area contributed by atoms with Crippen molar-refractivity contribution in [2.45, 2.75) is 52.4 Å². The number of hydrogen-bond donors (Lipinski definition) is 1. The van der Waals surface area contributed by atoms with E-state index in [1.165, 1.54) is 12.8 Å². The van der Waals surface area contributed by atoms with E-state index in [1.54, 1.807) is 12.1 Å². The van der Waals surface area contributed by atoms with Crippen LogP contribution in [0.2, 0.25) is 5.15 Å². The van der Waals surface area contributed by atoms with Crippen molar-refractivity contribution in [3.63, 3.8) is 0 Å². The number of rotatable bonds is 9. The summed E-state index contributed by atoms with van der Waals surface area (Å²) in [5.74, 6) is 1.32. The highest BCUT2D eigenvalue weighted by atomic mass is 35.5. The average Bonchev–Trinajstić information content (AvgIpc) is 3.34. The van der Waals surface area contributed by atoms with E-state index in [2.05, 4.69) is 10.3 Å². The van der Waals surface area contributed by atoms with Crippen molar-refractivity contribution in [3.8, 4) is 0 Å². The molecule has 1 aromatic heterocycles. The second-order valence-corrected chi connectivity index (χ2v) is 11.1. The number of aryl methyl sites for hydroxylation is 1. The number of carbonyl (C=O) groups is 1. The number of carbonyl (C=O) groups excluding carboxylic acids is 1. The van der Waals surface area contributed by atoms with Crippen LogP contribution in [0.1, 0.15) is 61.5 Å². The van der Waals surface area contributed by atoms with Crippen LogP contribution in [-0.2, 0) is 9.84 Å². The third-order valence-corrected chi connectivity index (χ3v) is 8.02. The normalized spacial score (nSPS) is 25.1. The van der Waals surface area contributed by atoms with Crippen LogP contribution in [0.3, 0.4) is 0 Å². The maximum atomic E-state index is 12.5. The first-order valence-electron chi connectivity index (χ1n) is 9.84. The molecule has 2 fully saturated rings. The number of hydrogen-bond acceptors (Lipinski definition) is 4. The van der Waals surface area contributed by atoms with Crippen LogP contribution in [0.25, 0.3) is 0 Å². The van der Waals surface area contributed by atoms with Crippen LogP contribution in [0, 0.1) is 24.2 Å². The highest BCUT2D eigenvalue weighted by Gasteiger charge is 2.48. The topological polar surface area (TPSA) is 76.1 Å². The predicted octanol–water partition coefficient (Wildman–Crippen LogP) is 3.79. The molecule has 0 unspecified atom stereocenters. The van der Waals surface area contributed by atoms with E-state index in [1.807, 2.05) is 13.8 Å². The molecular weight excluding hydrogens is 384 g/mol. The van der Waals surface area contributed by atoms with Crippen molar-refractivity contribution in [2.75, 3.05) is 18.1 Å². The van der Waals surface area contributed by atoms with Gasteiger partial charge in [0.2, 0.25) is 0 Å². The summed E-state index contributed by atoms with van der Waals surface area (Å²) in [5, 5.41) is 3.25. The van der Waals surface area contributed by atoms with Crippen molar-refractivity contribution >= 4 is 27.3 Å². The van der Waals surface area contributed by atoms with Crippen LogP contribution in [0.5, 0.6) is 0 Å². The minimum atomic E-state index is -2.95. The summed E-state index contributed by atoms with van der Waals surface area (Å²) in [7, 11) is -2.95. The van der Waals surface area contributed by atoms with Crippen LogP contribution >= 0.6 is 11.6 Å². The maximum absolute atomic E-state index is 12.5. The van der Waals surface area contributed by atoms with E-state index in [0.29, 0.717) is 18.5 Å². The molecule has 0 aliphatic heterocycles. The van der Waals surface area contributed by atoms with Gasteiger partial charge in [-0.1, -0.05) is 31.4 Å². The maximum Gasteiger partial charge on any atom is 0.254 e. The summed E-state index contributed by atoms with van der Waals surface area (Å²) in [4.78, 5) is 16.7. The second kappa shape index (κ2) is 8.08. The van der Waals surface area contributed by atoms with Gasteiger partial charge < -0.3 is 5.32 Å². The predicted molar refractivity (Wildman–Crippen MR) is 108 cm³/mol. The van der Waals surface area contributed by atoms with Gasteiger partial charge in [-0.2, -0.15) is 0 Å². The fourth-order valence-corrected chi connectivity index (χ4v) is 6.44. The van der Waals surface area contributed by atoms with Crippen LogP contribution in [-0.4, -0.2) is 37.4 Å². The summed E-state index contributed by atoms with van der Waals surface area (Å²) in [5.41, 5.74) is 1.20. The van der Waals surface area contributed by atoms with E-state index in [0.717, 1.165) is 30.9 Å². The zero-order valence-electron chi connectivity index (χ0n) is 16.1. The van der Waals surface area contributed by atoms with Crippen molar-refractivity contribution < 1.29 is 13.2 Å². The molecule has 1 N–H and O–H groups in total. The second-order valence-electron chi connectivity index (χ2n) is 8.51.